The minimum Gasteiger partial charge on any atom is -0.352 e. The first kappa shape index (κ1) is 16.4. The molecule has 0 saturated heterocycles. The average molecular weight is 258 g/mol. The van der Waals surface area contributed by atoms with Crippen LogP contribution in [0.25, 0.3) is 0 Å². The molecule has 0 bridgehead atoms. The van der Waals surface area contributed by atoms with Crippen molar-refractivity contribution in [1.82, 2.24) is 15.5 Å². The molecule has 0 aromatic carbocycles. The van der Waals surface area contributed by atoms with E-state index in [-0.39, 0.29) is 37.5 Å². The summed E-state index contributed by atoms with van der Waals surface area (Å²) in [5.74, 6) is -0.922. The van der Waals surface area contributed by atoms with Crippen LogP contribution in [-0.2, 0) is 14.4 Å². The van der Waals surface area contributed by atoms with Crippen molar-refractivity contribution in [2.75, 3.05) is 26.2 Å². The molecule has 7 heteroatoms. The summed E-state index contributed by atoms with van der Waals surface area (Å²) in [6.07, 6.45) is 0. The maximum absolute atomic E-state index is 11.7. The standard InChI is InChI=1S/C11H22N4O3/c1-4-15(7-10(17)14-8(2)3)11(18)6-13-9(16)5-12/h8H,4-7,12H2,1-3H3,(H,13,16)(H,14,17). The lowest BCUT2D eigenvalue weighted by Gasteiger charge is -2.21. The van der Waals surface area contributed by atoms with Crippen LogP contribution in [-0.4, -0.2) is 54.8 Å². The van der Waals surface area contributed by atoms with E-state index in [1.807, 2.05) is 13.8 Å². The summed E-state index contributed by atoms with van der Waals surface area (Å²) in [7, 11) is 0. The molecule has 3 amide bonds. The summed E-state index contributed by atoms with van der Waals surface area (Å²) in [5, 5.41) is 5.07. The fourth-order valence-corrected chi connectivity index (χ4v) is 1.28. The van der Waals surface area contributed by atoms with E-state index in [9.17, 15) is 14.4 Å². The molecular weight excluding hydrogens is 236 g/mol. The Morgan fingerprint density at radius 3 is 2.28 bits per heavy atom. The van der Waals surface area contributed by atoms with Crippen LogP contribution in [0.1, 0.15) is 20.8 Å². The molecule has 0 aliphatic carbocycles. The van der Waals surface area contributed by atoms with Gasteiger partial charge in [0.05, 0.1) is 19.6 Å². The normalized spacial score (nSPS) is 10.1. The summed E-state index contributed by atoms with van der Waals surface area (Å²) >= 11 is 0. The molecule has 4 N–H and O–H groups in total. The van der Waals surface area contributed by atoms with Crippen molar-refractivity contribution < 1.29 is 14.4 Å². The maximum atomic E-state index is 11.7. The van der Waals surface area contributed by atoms with E-state index >= 15 is 0 Å². The smallest absolute Gasteiger partial charge is 0.242 e. The van der Waals surface area contributed by atoms with E-state index in [2.05, 4.69) is 10.6 Å². The number of amides is 3. The number of nitrogens with two attached hydrogens (primary N) is 1. The third kappa shape index (κ3) is 6.85. The first-order valence-electron chi connectivity index (χ1n) is 5.94. The lowest BCUT2D eigenvalue weighted by Crippen LogP contribution is -2.46. The van der Waals surface area contributed by atoms with Crippen LogP contribution in [0, 0.1) is 0 Å². The van der Waals surface area contributed by atoms with Crippen molar-refractivity contribution >= 4 is 17.7 Å². The highest BCUT2D eigenvalue weighted by Crippen LogP contribution is 1.90. The molecule has 0 unspecified atom stereocenters. The molecule has 0 fully saturated rings. The Kier molecular flexibility index (Phi) is 7.69. The Balaban J connectivity index is 4.19. The second-order valence-corrected chi connectivity index (χ2v) is 4.11. The van der Waals surface area contributed by atoms with Crippen molar-refractivity contribution in [2.24, 2.45) is 5.73 Å². The van der Waals surface area contributed by atoms with Gasteiger partial charge in [-0.2, -0.15) is 0 Å². The molecule has 0 heterocycles. The van der Waals surface area contributed by atoms with E-state index in [0.29, 0.717) is 6.54 Å². The zero-order valence-corrected chi connectivity index (χ0v) is 11.2. The Bertz CT molecular complexity index is 305. The van der Waals surface area contributed by atoms with Crippen LogP contribution in [0.2, 0.25) is 0 Å². The zero-order valence-electron chi connectivity index (χ0n) is 11.2. The molecule has 0 saturated carbocycles. The SMILES string of the molecule is CCN(CC(=O)NC(C)C)C(=O)CNC(=O)CN. The predicted molar refractivity (Wildman–Crippen MR) is 67.6 cm³/mol. The van der Waals surface area contributed by atoms with Crippen molar-refractivity contribution in [3.05, 3.63) is 0 Å². The van der Waals surface area contributed by atoms with Gasteiger partial charge in [0.15, 0.2) is 0 Å². The van der Waals surface area contributed by atoms with Gasteiger partial charge in [0.25, 0.3) is 0 Å². The zero-order chi connectivity index (χ0) is 14.1. The molecule has 104 valence electrons. The third-order valence-corrected chi connectivity index (χ3v) is 2.14. The largest absolute Gasteiger partial charge is 0.352 e. The molecule has 0 radical (unpaired) electrons. The minimum atomic E-state index is -0.397. The van der Waals surface area contributed by atoms with E-state index in [1.165, 1.54) is 4.90 Å². The van der Waals surface area contributed by atoms with Gasteiger partial charge in [-0.05, 0) is 20.8 Å². The van der Waals surface area contributed by atoms with Crippen molar-refractivity contribution in [1.29, 1.82) is 0 Å². The number of rotatable bonds is 7. The number of nitrogens with one attached hydrogen (secondary N) is 2. The first-order chi connectivity index (χ1) is 8.40. The van der Waals surface area contributed by atoms with Crippen LogP contribution < -0.4 is 16.4 Å². The van der Waals surface area contributed by atoms with Gasteiger partial charge >= 0.3 is 0 Å². The van der Waals surface area contributed by atoms with Gasteiger partial charge in [-0.15, -0.1) is 0 Å². The van der Waals surface area contributed by atoms with Crippen LogP contribution >= 0.6 is 0 Å². The second kappa shape index (κ2) is 8.46. The fourth-order valence-electron chi connectivity index (χ4n) is 1.28. The Hall–Kier alpha value is -1.63. The molecule has 0 aromatic heterocycles. The molecular formula is C11H22N4O3. The van der Waals surface area contributed by atoms with Crippen LogP contribution in [0.4, 0.5) is 0 Å². The van der Waals surface area contributed by atoms with Gasteiger partial charge in [-0.3, -0.25) is 14.4 Å². The van der Waals surface area contributed by atoms with Crippen molar-refractivity contribution in [3.63, 3.8) is 0 Å². The highest BCUT2D eigenvalue weighted by Gasteiger charge is 2.16. The fraction of sp³-hybridized carbons (Fsp3) is 0.727. The van der Waals surface area contributed by atoms with Crippen molar-refractivity contribution in [3.8, 4) is 0 Å². The first-order valence-corrected chi connectivity index (χ1v) is 5.94. The number of carbonyl (C=O) groups excluding carboxylic acids is 3. The van der Waals surface area contributed by atoms with Gasteiger partial charge in [-0.1, -0.05) is 0 Å². The Labute approximate surface area is 107 Å². The second-order valence-electron chi connectivity index (χ2n) is 4.11. The molecule has 0 atom stereocenters. The molecule has 0 rings (SSSR count). The summed E-state index contributed by atoms with van der Waals surface area (Å²) in [5.41, 5.74) is 5.10. The van der Waals surface area contributed by atoms with E-state index in [0.717, 1.165) is 0 Å². The van der Waals surface area contributed by atoms with Gasteiger partial charge in [0.2, 0.25) is 17.7 Å². The Morgan fingerprint density at radius 2 is 1.83 bits per heavy atom. The molecule has 0 aromatic rings. The molecule has 0 aliphatic rings. The van der Waals surface area contributed by atoms with Gasteiger partial charge < -0.3 is 21.3 Å². The van der Waals surface area contributed by atoms with Crippen LogP contribution in [0.5, 0.6) is 0 Å². The minimum absolute atomic E-state index is 0.00793. The Morgan fingerprint density at radius 1 is 1.22 bits per heavy atom. The summed E-state index contributed by atoms with van der Waals surface area (Å²) in [6.45, 7) is 5.56. The van der Waals surface area contributed by atoms with E-state index in [1.54, 1.807) is 6.92 Å². The number of nitrogens with zero attached hydrogens (tertiary/aromatic N) is 1. The van der Waals surface area contributed by atoms with Gasteiger partial charge in [0.1, 0.15) is 0 Å². The summed E-state index contributed by atoms with van der Waals surface area (Å²) < 4.78 is 0. The molecule has 0 aliphatic heterocycles. The average Bonchev–Trinajstić information content (AvgIpc) is 2.31. The summed E-state index contributed by atoms with van der Waals surface area (Å²) in [6, 6.07) is 0.0308. The monoisotopic (exact) mass is 258 g/mol. The van der Waals surface area contributed by atoms with Gasteiger partial charge in [0, 0.05) is 12.6 Å². The number of hydrogen-bond donors (Lipinski definition) is 3. The molecule has 7 nitrogen and oxygen atoms in total. The summed E-state index contributed by atoms with van der Waals surface area (Å²) in [4.78, 5) is 35.5. The lowest BCUT2D eigenvalue weighted by molar-refractivity contribution is -0.136. The highest BCUT2D eigenvalue weighted by atomic mass is 16.2. The maximum Gasteiger partial charge on any atom is 0.242 e. The van der Waals surface area contributed by atoms with Crippen molar-refractivity contribution in [2.45, 2.75) is 26.8 Å². The van der Waals surface area contributed by atoms with E-state index < -0.39 is 5.91 Å². The number of hydrogen-bond acceptors (Lipinski definition) is 4. The molecule has 18 heavy (non-hydrogen) atoms. The van der Waals surface area contributed by atoms with Crippen LogP contribution in [0.15, 0.2) is 0 Å². The number of likely N-dealkylation sites (N-methyl/N-ethyl adjacent to an activating group) is 1. The quantitative estimate of drug-likeness (QED) is 0.513. The van der Waals surface area contributed by atoms with E-state index in [4.69, 9.17) is 5.73 Å². The molecule has 0 spiro atoms. The highest BCUT2D eigenvalue weighted by molar-refractivity contribution is 5.88. The predicted octanol–water partition coefficient (Wildman–Crippen LogP) is -1.57. The third-order valence-electron chi connectivity index (χ3n) is 2.14. The van der Waals surface area contributed by atoms with Crippen LogP contribution in [0.3, 0.4) is 0 Å². The number of carbonyl (C=O) groups is 3. The lowest BCUT2D eigenvalue weighted by atomic mass is 10.3. The topological polar surface area (TPSA) is 105 Å². The van der Waals surface area contributed by atoms with Gasteiger partial charge in [-0.25, -0.2) is 0 Å².